The minimum absolute atomic E-state index is 0.190. The Morgan fingerprint density at radius 3 is 2.57 bits per heavy atom. The first-order valence-corrected chi connectivity index (χ1v) is 8.24. The van der Waals surface area contributed by atoms with Gasteiger partial charge in [0.05, 0.1) is 7.11 Å². The summed E-state index contributed by atoms with van der Waals surface area (Å²) in [4.78, 5) is 23.9. The Balaban J connectivity index is 1.49. The number of hydrogen-bond acceptors (Lipinski definition) is 4. The van der Waals surface area contributed by atoms with Crippen LogP contribution in [0, 0.1) is 17.8 Å². The Labute approximate surface area is 136 Å². The van der Waals surface area contributed by atoms with Gasteiger partial charge in [-0.1, -0.05) is 36.8 Å². The standard InChI is InChI=1S/C18H23NO4/c1-22-17(20)16(10-15-13-8-5-9-14(13)15)19-18(21)23-11-12-6-3-2-4-7-12/h2-4,6-7,13-16H,5,8-11H2,1H3,(H,19,21)/t13-,14+,15+,16?. The summed E-state index contributed by atoms with van der Waals surface area (Å²) in [5.74, 6) is 1.63. The summed E-state index contributed by atoms with van der Waals surface area (Å²) < 4.78 is 10.0. The highest BCUT2D eigenvalue weighted by molar-refractivity contribution is 5.81. The van der Waals surface area contributed by atoms with Gasteiger partial charge < -0.3 is 14.8 Å². The maximum atomic E-state index is 12.0. The molecule has 0 saturated heterocycles. The number of methoxy groups -OCH3 is 1. The van der Waals surface area contributed by atoms with Crippen molar-refractivity contribution in [3.05, 3.63) is 35.9 Å². The zero-order valence-corrected chi connectivity index (χ0v) is 13.4. The Morgan fingerprint density at radius 2 is 1.91 bits per heavy atom. The van der Waals surface area contributed by atoms with E-state index in [1.807, 2.05) is 30.3 Å². The molecule has 1 aromatic rings. The first-order valence-electron chi connectivity index (χ1n) is 8.24. The van der Waals surface area contributed by atoms with Crippen LogP contribution in [-0.2, 0) is 20.9 Å². The third-order valence-corrected chi connectivity index (χ3v) is 5.08. The van der Waals surface area contributed by atoms with Gasteiger partial charge in [0.2, 0.25) is 0 Å². The quantitative estimate of drug-likeness (QED) is 0.819. The van der Waals surface area contributed by atoms with Gasteiger partial charge in [-0.3, -0.25) is 0 Å². The average molecular weight is 317 g/mol. The summed E-state index contributed by atoms with van der Waals surface area (Å²) in [7, 11) is 1.35. The third-order valence-electron chi connectivity index (χ3n) is 5.08. The van der Waals surface area contributed by atoms with E-state index >= 15 is 0 Å². The van der Waals surface area contributed by atoms with Gasteiger partial charge in [-0.25, -0.2) is 9.59 Å². The van der Waals surface area contributed by atoms with Gasteiger partial charge in [-0.2, -0.15) is 0 Å². The van der Waals surface area contributed by atoms with Crippen LogP contribution in [0.2, 0.25) is 0 Å². The van der Waals surface area contributed by atoms with E-state index in [-0.39, 0.29) is 6.61 Å². The van der Waals surface area contributed by atoms with Crippen LogP contribution in [0.15, 0.2) is 30.3 Å². The van der Waals surface area contributed by atoms with Crippen molar-refractivity contribution in [1.29, 1.82) is 0 Å². The minimum Gasteiger partial charge on any atom is -0.467 e. The monoisotopic (exact) mass is 317 g/mol. The lowest BCUT2D eigenvalue weighted by Crippen LogP contribution is -2.42. The molecule has 0 bridgehead atoms. The van der Waals surface area contributed by atoms with Gasteiger partial charge >= 0.3 is 12.1 Å². The fourth-order valence-corrected chi connectivity index (χ4v) is 3.86. The molecule has 5 heteroatoms. The molecular formula is C18H23NO4. The van der Waals surface area contributed by atoms with Crippen molar-refractivity contribution in [2.45, 2.75) is 38.3 Å². The second kappa shape index (κ2) is 7.02. The molecule has 0 aromatic heterocycles. The highest BCUT2D eigenvalue weighted by Gasteiger charge is 2.53. The molecule has 2 saturated carbocycles. The molecule has 1 unspecified atom stereocenters. The SMILES string of the molecule is COC(=O)C(C[C@H]1[C@@H]2CCC[C@@H]21)NC(=O)OCc1ccccc1. The number of hydrogen-bond donors (Lipinski definition) is 1. The Hall–Kier alpha value is -2.04. The van der Waals surface area contributed by atoms with E-state index in [0.29, 0.717) is 12.3 Å². The number of carbonyl (C=O) groups excluding carboxylic acids is 2. The van der Waals surface area contributed by atoms with Gasteiger partial charge in [0.1, 0.15) is 12.6 Å². The van der Waals surface area contributed by atoms with E-state index in [9.17, 15) is 9.59 Å². The molecule has 1 amide bonds. The summed E-state index contributed by atoms with van der Waals surface area (Å²) in [6.07, 6.45) is 3.88. The van der Waals surface area contributed by atoms with Crippen molar-refractivity contribution in [2.75, 3.05) is 7.11 Å². The molecule has 2 aliphatic carbocycles. The highest BCUT2D eigenvalue weighted by Crippen LogP contribution is 2.59. The number of alkyl carbamates (subject to hydrolysis) is 1. The molecule has 1 aromatic carbocycles. The van der Waals surface area contributed by atoms with Crippen molar-refractivity contribution >= 4 is 12.1 Å². The normalized spacial score (nSPS) is 26.0. The lowest BCUT2D eigenvalue weighted by Gasteiger charge is -2.17. The van der Waals surface area contributed by atoms with Crippen LogP contribution in [-0.4, -0.2) is 25.2 Å². The largest absolute Gasteiger partial charge is 0.467 e. The summed E-state index contributed by atoms with van der Waals surface area (Å²) >= 11 is 0. The van der Waals surface area contributed by atoms with E-state index < -0.39 is 18.1 Å². The van der Waals surface area contributed by atoms with Crippen LogP contribution in [0.5, 0.6) is 0 Å². The van der Waals surface area contributed by atoms with Crippen molar-refractivity contribution in [3.63, 3.8) is 0 Å². The smallest absolute Gasteiger partial charge is 0.408 e. The third kappa shape index (κ3) is 3.84. The molecular weight excluding hydrogens is 294 g/mol. The van der Waals surface area contributed by atoms with E-state index in [4.69, 9.17) is 9.47 Å². The first-order chi connectivity index (χ1) is 11.2. The summed E-state index contributed by atoms with van der Waals surface area (Å²) in [5.41, 5.74) is 0.911. The molecule has 124 valence electrons. The predicted molar refractivity (Wildman–Crippen MR) is 84.5 cm³/mol. The van der Waals surface area contributed by atoms with Gasteiger partial charge in [0.25, 0.3) is 0 Å². The minimum atomic E-state index is -0.612. The number of amides is 1. The fraction of sp³-hybridized carbons (Fsp3) is 0.556. The predicted octanol–water partition coefficient (Wildman–Crippen LogP) is 2.89. The lowest BCUT2D eigenvalue weighted by atomic mass is 10.0. The molecule has 23 heavy (non-hydrogen) atoms. The highest BCUT2D eigenvalue weighted by atomic mass is 16.6. The number of esters is 1. The zero-order chi connectivity index (χ0) is 16.2. The molecule has 0 spiro atoms. The molecule has 4 atom stereocenters. The van der Waals surface area contributed by atoms with Gasteiger partial charge in [-0.15, -0.1) is 0 Å². The molecule has 5 nitrogen and oxygen atoms in total. The van der Waals surface area contributed by atoms with Crippen molar-refractivity contribution in [1.82, 2.24) is 5.32 Å². The van der Waals surface area contributed by atoms with Gasteiger partial charge in [0, 0.05) is 0 Å². The number of carbonyl (C=O) groups is 2. The number of benzene rings is 1. The fourth-order valence-electron chi connectivity index (χ4n) is 3.86. The van der Waals surface area contributed by atoms with Crippen molar-refractivity contribution in [3.8, 4) is 0 Å². The molecule has 0 radical (unpaired) electrons. The maximum Gasteiger partial charge on any atom is 0.408 e. The van der Waals surface area contributed by atoms with E-state index in [1.165, 1.54) is 26.4 Å². The average Bonchev–Trinajstić information content (AvgIpc) is 3.00. The summed E-state index contributed by atoms with van der Waals surface area (Å²) in [6, 6.07) is 8.84. The Morgan fingerprint density at radius 1 is 1.22 bits per heavy atom. The van der Waals surface area contributed by atoms with Crippen LogP contribution >= 0.6 is 0 Å². The maximum absolute atomic E-state index is 12.0. The molecule has 2 aliphatic rings. The van der Waals surface area contributed by atoms with Gasteiger partial charge in [0.15, 0.2) is 0 Å². The lowest BCUT2D eigenvalue weighted by molar-refractivity contribution is -0.143. The molecule has 2 fully saturated rings. The van der Waals surface area contributed by atoms with Crippen LogP contribution in [0.25, 0.3) is 0 Å². The van der Waals surface area contributed by atoms with Crippen molar-refractivity contribution < 1.29 is 19.1 Å². The molecule has 0 heterocycles. The zero-order valence-electron chi connectivity index (χ0n) is 13.4. The number of rotatable bonds is 6. The van der Waals surface area contributed by atoms with Crippen LogP contribution < -0.4 is 5.32 Å². The van der Waals surface area contributed by atoms with E-state index in [0.717, 1.165) is 17.4 Å². The summed E-state index contributed by atoms with van der Waals surface area (Å²) in [6.45, 7) is 0.190. The molecule has 0 aliphatic heterocycles. The Bertz CT molecular complexity index is 549. The van der Waals surface area contributed by atoms with E-state index in [2.05, 4.69) is 5.32 Å². The van der Waals surface area contributed by atoms with E-state index in [1.54, 1.807) is 0 Å². The summed E-state index contributed by atoms with van der Waals surface area (Å²) in [5, 5.41) is 2.66. The number of fused-ring (bicyclic) bond motifs is 1. The topological polar surface area (TPSA) is 64.6 Å². The second-order valence-corrected chi connectivity index (χ2v) is 6.44. The van der Waals surface area contributed by atoms with Crippen LogP contribution in [0.4, 0.5) is 4.79 Å². The van der Waals surface area contributed by atoms with Gasteiger partial charge in [-0.05, 0) is 42.6 Å². The van der Waals surface area contributed by atoms with Crippen LogP contribution in [0.1, 0.15) is 31.2 Å². The van der Waals surface area contributed by atoms with Crippen LogP contribution in [0.3, 0.4) is 0 Å². The first kappa shape index (κ1) is 15.8. The second-order valence-electron chi connectivity index (χ2n) is 6.44. The van der Waals surface area contributed by atoms with Crippen molar-refractivity contribution in [2.24, 2.45) is 17.8 Å². The number of nitrogens with one attached hydrogen (secondary N) is 1. The molecule has 3 rings (SSSR count). The Kier molecular flexibility index (Phi) is 4.84. The molecule has 1 N–H and O–H groups in total. The number of ether oxygens (including phenoxy) is 2.